The van der Waals surface area contributed by atoms with Gasteiger partial charge in [-0.1, -0.05) is 40.7 Å². The average Bonchev–Trinajstić information content (AvgIpc) is 3.19. The molecule has 0 aromatic rings. The Morgan fingerprint density at radius 1 is 0.797 bits per heavy atom. The van der Waals surface area contributed by atoms with Gasteiger partial charge in [0.05, 0.1) is 43.5 Å². The molecule has 3 saturated carbocycles. The molecular weight excluding hydrogens is 776 g/mol. The molecular formula is C42H68O17. The van der Waals surface area contributed by atoms with E-state index >= 15 is 0 Å². The Morgan fingerprint density at radius 3 is 1.93 bits per heavy atom. The maximum Gasteiger partial charge on any atom is 0.318 e. The number of fused-ring (bicyclic) bond motifs is 5. The van der Waals surface area contributed by atoms with Crippen LogP contribution in [0.5, 0.6) is 0 Å². The fourth-order valence-corrected chi connectivity index (χ4v) is 12.5. The monoisotopic (exact) mass is 844 g/mol. The molecule has 0 aromatic carbocycles. The van der Waals surface area contributed by atoms with Gasteiger partial charge in [0.15, 0.2) is 6.29 Å². The number of aliphatic hydroxyl groups excluding tert-OH is 11. The van der Waals surface area contributed by atoms with E-state index in [1.807, 2.05) is 0 Å². The minimum absolute atomic E-state index is 0.0702. The highest BCUT2D eigenvalue weighted by Gasteiger charge is 2.71. The highest BCUT2D eigenvalue weighted by molar-refractivity contribution is 5.81. The fourth-order valence-electron chi connectivity index (χ4n) is 12.5. The summed E-state index contributed by atoms with van der Waals surface area (Å²) in [5.74, 6) is -1.77. The van der Waals surface area contributed by atoms with Gasteiger partial charge in [0.1, 0.15) is 54.6 Å². The molecule has 17 nitrogen and oxygen atoms in total. The third-order valence-corrected chi connectivity index (χ3v) is 16.6. The summed E-state index contributed by atoms with van der Waals surface area (Å²) in [4.78, 5) is 26.8. The first-order valence-corrected chi connectivity index (χ1v) is 21.2. The lowest BCUT2D eigenvalue weighted by atomic mass is 9.34. The predicted molar refractivity (Wildman–Crippen MR) is 204 cm³/mol. The smallest absolute Gasteiger partial charge is 0.318 e. The zero-order chi connectivity index (χ0) is 43.8. The highest BCUT2D eigenvalue weighted by Crippen LogP contribution is 2.74. The van der Waals surface area contributed by atoms with Gasteiger partial charge in [-0.2, -0.15) is 0 Å². The van der Waals surface area contributed by atoms with E-state index in [9.17, 15) is 65.8 Å². The summed E-state index contributed by atoms with van der Waals surface area (Å²) in [5.41, 5.74) is -3.73. The second-order valence-electron chi connectivity index (χ2n) is 19.7. The van der Waals surface area contributed by atoms with Crippen LogP contribution in [0.1, 0.15) is 92.9 Å². The minimum atomic E-state index is -1.82. The molecule has 11 N–H and O–H groups in total. The van der Waals surface area contributed by atoms with Gasteiger partial charge < -0.3 is 75.1 Å². The standard InChI is InChI=1S/C42H68O17/c1-19(20(2)46)7-10-42(37(55)59-36-33(54)31(52)29(50)25(17-44)57-36)12-11-40(5)21(14-42)22(47)13-27-38(3)15-23(48)34(39(4,18-45)26(38)8-9-41(27,40)6)58-35-32(53)30(51)28(49)24(16-43)56-35/h14,19,22-36,43-45,47-54H,7-13,15-18H2,1-6H3/t19-,22-,23-,24-,25-,26-,27-,28-,29-,30+,31+,32-,33-,34+,35+,36+,38+,39+,40-,41-,42+/m1/s1. The molecule has 5 fully saturated rings. The van der Waals surface area contributed by atoms with E-state index in [1.54, 1.807) is 19.9 Å². The van der Waals surface area contributed by atoms with Crippen LogP contribution in [0.25, 0.3) is 0 Å². The zero-order valence-corrected chi connectivity index (χ0v) is 35.0. The van der Waals surface area contributed by atoms with Crippen molar-refractivity contribution in [1.29, 1.82) is 0 Å². The number of esters is 1. The second-order valence-corrected chi connectivity index (χ2v) is 19.7. The van der Waals surface area contributed by atoms with Crippen LogP contribution in [-0.2, 0) is 28.5 Å². The van der Waals surface area contributed by atoms with E-state index in [2.05, 4.69) is 20.8 Å². The quantitative estimate of drug-likeness (QED) is 0.0662. The molecule has 338 valence electrons. The molecule has 17 heteroatoms. The number of ether oxygens (including phenoxy) is 4. The molecule has 6 aliphatic rings. The second kappa shape index (κ2) is 16.8. The molecule has 0 spiro atoms. The summed E-state index contributed by atoms with van der Waals surface area (Å²) in [7, 11) is 0. The molecule has 0 bridgehead atoms. The van der Waals surface area contributed by atoms with Crippen LogP contribution in [0.15, 0.2) is 11.6 Å². The van der Waals surface area contributed by atoms with E-state index in [1.165, 1.54) is 6.92 Å². The van der Waals surface area contributed by atoms with E-state index in [0.29, 0.717) is 31.3 Å². The third kappa shape index (κ3) is 7.45. The topological polar surface area (TPSA) is 294 Å². The number of carbonyl (C=O) groups excluding carboxylic acids is 2. The number of hydrogen-bond donors (Lipinski definition) is 11. The Labute approximate surface area is 344 Å². The Kier molecular flexibility index (Phi) is 13.3. The molecule has 0 amide bonds. The van der Waals surface area contributed by atoms with E-state index < -0.39 is 139 Å². The Hall–Kier alpha value is -1.68. The lowest BCUT2D eigenvalue weighted by molar-refractivity contribution is -0.346. The summed E-state index contributed by atoms with van der Waals surface area (Å²) in [6, 6.07) is 0. The van der Waals surface area contributed by atoms with Crippen molar-refractivity contribution in [1.82, 2.24) is 0 Å². The maximum atomic E-state index is 14.4. The van der Waals surface area contributed by atoms with Crippen LogP contribution in [0.2, 0.25) is 0 Å². The first-order chi connectivity index (χ1) is 27.5. The number of rotatable bonds is 11. The molecule has 2 heterocycles. The van der Waals surface area contributed by atoms with Crippen LogP contribution in [0.3, 0.4) is 0 Å². The molecule has 2 aliphatic heterocycles. The first kappa shape index (κ1) is 46.8. The third-order valence-electron chi connectivity index (χ3n) is 16.6. The van der Waals surface area contributed by atoms with Gasteiger partial charge in [0, 0.05) is 11.3 Å². The van der Waals surface area contributed by atoms with Crippen molar-refractivity contribution in [3.63, 3.8) is 0 Å². The lowest BCUT2D eigenvalue weighted by Gasteiger charge is -2.71. The Bertz CT molecular complexity index is 1570. The molecule has 0 radical (unpaired) electrons. The summed E-state index contributed by atoms with van der Waals surface area (Å²) >= 11 is 0. The van der Waals surface area contributed by atoms with Crippen LogP contribution in [0.4, 0.5) is 0 Å². The summed E-state index contributed by atoms with van der Waals surface area (Å²) in [6.07, 6.45) is -14.8. The lowest BCUT2D eigenvalue weighted by Crippen LogP contribution is -2.70. The molecule has 0 aromatic heterocycles. The van der Waals surface area contributed by atoms with Gasteiger partial charge in [-0.05, 0) is 91.9 Å². The van der Waals surface area contributed by atoms with E-state index in [4.69, 9.17) is 18.9 Å². The van der Waals surface area contributed by atoms with Crippen LogP contribution >= 0.6 is 0 Å². The average molecular weight is 845 g/mol. The fraction of sp³-hybridized carbons (Fsp3) is 0.905. The zero-order valence-electron chi connectivity index (χ0n) is 35.0. The van der Waals surface area contributed by atoms with Crippen molar-refractivity contribution in [2.45, 2.75) is 173 Å². The molecule has 59 heavy (non-hydrogen) atoms. The molecule has 0 unspecified atom stereocenters. The van der Waals surface area contributed by atoms with Gasteiger partial charge in [0.25, 0.3) is 0 Å². The Balaban J connectivity index is 1.32. The van der Waals surface area contributed by atoms with Gasteiger partial charge in [-0.3, -0.25) is 9.59 Å². The van der Waals surface area contributed by atoms with Crippen molar-refractivity contribution < 1.29 is 84.7 Å². The van der Waals surface area contributed by atoms with E-state index in [-0.39, 0.29) is 43.3 Å². The van der Waals surface area contributed by atoms with Crippen molar-refractivity contribution >= 4 is 11.8 Å². The van der Waals surface area contributed by atoms with Crippen LogP contribution in [-0.4, -0.2) is 167 Å². The SMILES string of the molecule is CC(=O)[C@H](C)CC[C@@]1(C(=O)O[C@@H]2O[C@H](CO)[C@@H](O)[C@H](O)[C@H]2O)C=C2[C@H](O)C[C@@H]3[C@@]4(C)C[C@@H](O)[C@H](O[C@@H]5O[C@H](CO)[C@@H](O)[C@H](O)[C@H]5O)[C@@](C)(CO)[C@@H]4CC[C@@]3(C)[C@]2(C)CC1. The van der Waals surface area contributed by atoms with Crippen LogP contribution < -0.4 is 0 Å². The van der Waals surface area contributed by atoms with Gasteiger partial charge in [0.2, 0.25) is 6.29 Å². The van der Waals surface area contributed by atoms with Crippen molar-refractivity contribution in [3.05, 3.63) is 11.6 Å². The Morgan fingerprint density at radius 2 is 1.37 bits per heavy atom. The molecule has 21 atom stereocenters. The van der Waals surface area contributed by atoms with Crippen molar-refractivity contribution in [2.75, 3.05) is 19.8 Å². The van der Waals surface area contributed by atoms with Gasteiger partial charge in [-0.25, -0.2) is 0 Å². The summed E-state index contributed by atoms with van der Waals surface area (Å²) in [6.45, 7) is 9.57. The molecule has 6 rings (SSSR count). The minimum Gasteiger partial charge on any atom is -0.432 e. The predicted octanol–water partition coefficient (Wildman–Crippen LogP) is -1.20. The molecule has 4 aliphatic carbocycles. The largest absolute Gasteiger partial charge is 0.432 e. The van der Waals surface area contributed by atoms with Crippen molar-refractivity contribution in [3.8, 4) is 0 Å². The number of carbonyl (C=O) groups is 2. The number of ketones is 1. The number of hydrogen-bond acceptors (Lipinski definition) is 17. The summed E-state index contributed by atoms with van der Waals surface area (Å²) < 4.78 is 23.2. The normalized spacial score (nSPS) is 51.7. The molecule has 2 saturated heterocycles. The van der Waals surface area contributed by atoms with Crippen molar-refractivity contribution in [2.24, 2.45) is 44.8 Å². The summed E-state index contributed by atoms with van der Waals surface area (Å²) in [5, 5.41) is 118. The maximum absolute atomic E-state index is 14.4. The number of aliphatic hydroxyl groups is 11. The number of Topliss-reactive ketones (excluding diaryl/α,β-unsaturated/α-hetero) is 1. The van der Waals surface area contributed by atoms with Gasteiger partial charge >= 0.3 is 5.97 Å². The van der Waals surface area contributed by atoms with Crippen LogP contribution in [0, 0.1) is 44.8 Å². The van der Waals surface area contributed by atoms with Gasteiger partial charge in [-0.15, -0.1) is 0 Å². The first-order valence-electron chi connectivity index (χ1n) is 21.2. The highest BCUT2D eigenvalue weighted by atomic mass is 16.7. The van der Waals surface area contributed by atoms with E-state index in [0.717, 1.165) is 0 Å².